The van der Waals surface area contributed by atoms with Crippen LogP contribution in [0.4, 0.5) is 0 Å². The highest BCUT2D eigenvalue weighted by Gasteiger charge is 2.30. The lowest BCUT2D eigenvalue weighted by molar-refractivity contribution is -0.151. The number of carbonyl (C=O) groups is 3. The van der Waals surface area contributed by atoms with Crippen LogP contribution in [0.25, 0.3) is 0 Å². The normalized spacial score (nSPS) is 17.9. The third kappa shape index (κ3) is 5.96. The molecule has 0 aliphatic carbocycles. The van der Waals surface area contributed by atoms with E-state index in [-0.39, 0.29) is 34.8 Å². The van der Waals surface area contributed by atoms with Crippen molar-refractivity contribution in [2.24, 2.45) is 5.92 Å². The van der Waals surface area contributed by atoms with Gasteiger partial charge in [-0.25, -0.2) is 8.42 Å². The van der Waals surface area contributed by atoms with Gasteiger partial charge in [-0.1, -0.05) is 12.5 Å². The van der Waals surface area contributed by atoms with Gasteiger partial charge in [-0.2, -0.15) is 4.31 Å². The summed E-state index contributed by atoms with van der Waals surface area (Å²) < 4.78 is 32.6. The van der Waals surface area contributed by atoms with Crippen molar-refractivity contribution in [1.82, 2.24) is 14.1 Å². The van der Waals surface area contributed by atoms with Crippen LogP contribution in [-0.4, -0.2) is 86.7 Å². The number of aryl methyl sites for hydroxylation is 1. The summed E-state index contributed by atoms with van der Waals surface area (Å²) in [5.74, 6) is -1.02. The first-order valence-corrected chi connectivity index (χ1v) is 13.4. The predicted molar refractivity (Wildman–Crippen MR) is 127 cm³/mol. The van der Waals surface area contributed by atoms with Crippen LogP contribution in [0.15, 0.2) is 23.1 Å². The second kappa shape index (κ2) is 11.3. The summed E-state index contributed by atoms with van der Waals surface area (Å²) in [6.45, 7) is 5.59. The van der Waals surface area contributed by atoms with Crippen LogP contribution in [0.2, 0.25) is 0 Å². The standard InChI is InChI=1S/C24H35N3O6S/c1-4-33-24(30)19-10-14-26(15-11-19)22(28)17-25(3)23(29)21-16-20(9-8-18(21)2)34(31,32)27-12-6-5-7-13-27/h8-9,16,19H,4-7,10-15,17H2,1-3H3. The maximum atomic E-state index is 13.1. The van der Waals surface area contributed by atoms with E-state index in [1.54, 1.807) is 24.8 Å². The molecule has 0 aromatic heterocycles. The Kier molecular flexibility index (Phi) is 8.70. The van der Waals surface area contributed by atoms with E-state index in [1.807, 2.05) is 0 Å². The number of benzene rings is 1. The van der Waals surface area contributed by atoms with Gasteiger partial charge in [0.1, 0.15) is 0 Å². The fourth-order valence-electron chi connectivity index (χ4n) is 4.45. The zero-order valence-corrected chi connectivity index (χ0v) is 21.1. The highest BCUT2D eigenvalue weighted by molar-refractivity contribution is 7.89. The number of nitrogens with zero attached hydrogens (tertiary/aromatic N) is 3. The molecule has 9 nitrogen and oxygen atoms in total. The molecule has 2 fully saturated rings. The minimum Gasteiger partial charge on any atom is -0.466 e. The number of likely N-dealkylation sites (tertiary alicyclic amines) is 1. The van der Waals surface area contributed by atoms with E-state index in [0.29, 0.717) is 51.2 Å². The molecule has 0 saturated carbocycles. The second-order valence-corrected chi connectivity index (χ2v) is 10.9. The highest BCUT2D eigenvalue weighted by atomic mass is 32.2. The molecule has 3 rings (SSSR count). The van der Waals surface area contributed by atoms with Gasteiger partial charge in [0.05, 0.1) is 24.0 Å². The lowest BCUT2D eigenvalue weighted by Gasteiger charge is -2.32. The molecule has 2 amide bonds. The average Bonchev–Trinajstić information content (AvgIpc) is 2.84. The molecule has 1 aromatic carbocycles. The number of piperidine rings is 2. The van der Waals surface area contributed by atoms with Crippen LogP contribution < -0.4 is 0 Å². The first-order valence-electron chi connectivity index (χ1n) is 12.0. The molecule has 0 atom stereocenters. The van der Waals surface area contributed by atoms with E-state index in [0.717, 1.165) is 19.3 Å². The van der Waals surface area contributed by atoms with E-state index in [9.17, 15) is 22.8 Å². The maximum Gasteiger partial charge on any atom is 0.309 e. The Hall–Kier alpha value is -2.46. The van der Waals surface area contributed by atoms with Gasteiger partial charge < -0.3 is 14.5 Å². The molecule has 0 spiro atoms. The van der Waals surface area contributed by atoms with E-state index in [4.69, 9.17) is 4.74 Å². The molecule has 2 aliphatic heterocycles. The minimum absolute atomic E-state index is 0.101. The molecular weight excluding hydrogens is 458 g/mol. The van der Waals surface area contributed by atoms with E-state index >= 15 is 0 Å². The highest BCUT2D eigenvalue weighted by Crippen LogP contribution is 2.24. The van der Waals surface area contributed by atoms with Crippen molar-refractivity contribution in [2.45, 2.75) is 50.8 Å². The van der Waals surface area contributed by atoms with Crippen molar-refractivity contribution in [3.05, 3.63) is 29.3 Å². The Morgan fingerprint density at radius 3 is 2.32 bits per heavy atom. The van der Waals surface area contributed by atoms with Crippen LogP contribution in [0.3, 0.4) is 0 Å². The van der Waals surface area contributed by atoms with Gasteiger partial charge in [-0.05, 0) is 57.2 Å². The number of amides is 2. The summed E-state index contributed by atoms with van der Waals surface area (Å²) in [7, 11) is -2.13. The van der Waals surface area contributed by atoms with Gasteiger partial charge in [0.25, 0.3) is 5.91 Å². The molecule has 34 heavy (non-hydrogen) atoms. The zero-order valence-electron chi connectivity index (χ0n) is 20.3. The number of likely N-dealkylation sites (N-methyl/N-ethyl adjacent to an activating group) is 1. The fourth-order valence-corrected chi connectivity index (χ4v) is 6.00. The fraction of sp³-hybridized carbons (Fsp3) is 0.625. The summed E-state index contributed by atoms with van der Waals surface area (Å²) in [5.41, 5.74) is 0.923. The Balaban J connectivity index is 1.64. The second-order valence-electron chi connectivity index (χ2n) is 9.01. The third-order valence-electron chi connectivity index (χ3n) is 6.58. The van der Waals surface area contributed by atoms with Crippen molar-refractivity contribution in [3.8, 4) is 0 Å². The van der Waals surface area contributed by atoms with Crippen LogP contribution in [0.1, 0.15) is 54.9 Å². The van der Waals surface area contributed by atoms with Crippen LogP contribution in [0, 0.1) is 12.8 Å². The van der Waals surface area contributed by atoms with Crippen molar-refractivity contribution in [2.75, 3.05) is 46.4 Å². The number of hydrogen-bond acceptors (Lipinski definition) is 6. The van der Waals surface area contributed by atoms with E-state index < -0.39 is 15.9 Å². The lowest BCUT2D eigenvalue weighted by atomic mass is 9.97. The quantitative estimate of drug-likeness (QED) is 0.539. The Morgan fingerprint density at radius 2 is 1.71 bits per heavy atom. The number of rotatable bonds is 7. The Bertz CT molecular complexity index is 1010. The predicted octanol–water partition coefficient (Wildman–Crippen LogP) is 2.04. The maximum absolute atomic E-state index is 13.1. The summed E-state index contributed by atoms with van der Waals surface area (Å²) in [6, 6.07) is 4.60. The van der Waals surface area contributed by atoms with Crippen LogP contribution in [-0.2, 0) is 24.3 Å². The van der Waals surface area contributed by atoms with E-state index in [1.165, 1.54) is 28.4 Å². The summed E-state index contributed by atoms with van der Waals surface area (Å²) >= 11 is 0. The summed E-state index contributed by atoms with van der Waals surface area (Å²) in [4.78, 5) is 40.9. The number of hydrogen-bond donors (Lipinski definition) is 0. The molecule has 1 aromatic rings. The molecule has 2 saturated heterocycles. The van der Waals surface area contributed by atoms with Gasteiger partial charge in [0.15, 0.2) is 0 Å². The van der Waals surface area contributed by atoms with Gasteiger partial charge in [-0.3, -0.25) is 14.4 Å². The first-order chi connectivity index (χ1) is 16.1. The molecule has 2 heterocycles. The van der Waals surface area contributed by atoms with Crippen molar-refractivity contribution in [1.29, 1.82) is 0 Å². The molecule has 0 bridgehead atoms. The van der Waals surface area contributed by atoms with Gasteiger partial charge in [0, 0.05) is 38.8 Å². The Labute approximate surface area is 202 Å². The van der Waals surface area contributed by atoms with Crippen LogP contribution >= 0.6 is 0 Å². The minimum atomic E-state index is -3.67. The first kappa shape index (κ1) is 26.2. The van der Waals surface area contributed by atoms with Crippen LogP contribution in [0.5, 0.6) is 0 Å². The number of ether oxygens (including phenoxy) is 1. The summed E-state index contributed by atoms with van der Waals surface area (Å²) in [5, 5.41) is 0. The van der Waals surface area contributed by atoms with Crippen molar-refractivity contribution < 1.29 is 27.5 Å². The molecule has 2 aliphatic rings. The van der Waals surface area contributed by atoms with Crippen molar-refractivity contribution >= 4 is 27.8 Å². The zero-order chi connectivity index (χ0) is 24.9. The van der Waals surface area contributed by atoms with Gasteiger partial charge >= 0.3 is 5.97 Å². The van der Waals surface area contributed by atoms with Gasteiger partial charge in [-0.15, -0.1) is 0 Å². The average molecular weight is 494 g/mol. The molecule has 10 heteroatoms. The molecule has 0 radical (unpaired) electrons. The molecule has 0 N–H and O–H groups in total. The molecule has 0 unspecified atom stereocenters. The van der Waals surface area contributed by atoms with E-state index in [2.05, 4.69) is 0 Å². The number of carbonyl (C=O) groups excluding carboxylic acids is 3. The Morgan fingerprint density at radius 1 is 1.06 bits per heavy atom. The monoisotopic (exact) mass is 493 g/mol. The topological polar surface area (TPSA) is 104 Å². The molecule has 188 valence electrons. The SMILES string of the molecule is CCOC(=O)C1CCN(C(=O)CN(C)C(=O)c2cc(S(=O)(=O)N3CCCCC3)ccc2C)CC1. The summed E-state index contributed by atoms with van der Waals surface area (Å²) in [6.07, 6.45) is 3.76. The largest absolute Gasteiger partial charge is 0.466 e. The number of sulfonamides is 1. The third-order valence-corrected chi connectivity index (χ3v) is 8.47. The number of esters is 1. The van der Waals surface area contributed by atoms with Crippen molar-refractivity contribution in [3.63, 3.8) is 0 Å². The smallest absolute Gasteiger partial charge is 0.309 e. The molecular formula is C24H35N3O6S. The lowest BCUT2D eigenvalue weighted by Crippen LogP contribution is -2.45. The van der Waals surface area contributed by atoms with Gasteiger partial charge in [0.2, 0.25) is 15.9 Å².